The zero-order valence-corrected chi connectivity index (χ0v) is 18.8. The van der Waals surface area contributed by atoms with E-state index in [0.29, 0.717) is 24.2 Å². The summed E-state index contributed by atoms with van der Waals surface area (Å²) >= 11 is 0. The first-order chi connectivity index (χ1) is 15.2. The second-order valence-electron chi connectivity index (χ2n) is 7.67. The molecule has 0 saturated carbocycles. The van der Waals surface area contributed by atoms with E-state index in [9.17, 15) is 18.0 Å². The maximum Gasteiger partial charge on any atom is 0.419 e. The first-order valence-electron chi connectivity index (χ1n) is 9.98. The van der Waals surface area contributed by atoms with Gasteiger partial charge in [-0.05, 0) is 37.4 Å². The molecule has 4 rings (SSSR count). The SMILES string of the molecule is COc1ccc(C(=O)N2CCN(C)CC2)cc1NS(=O)(=O)c1ccc2c(c1)oc(=O)n2C. The Bertz CT molecular complexity index is 1340. The van der Waals surface area contributed by atoms with E-state index >= 15 is 0 Å². The van der Waals surface area contributed by atoms with Gasteiger partial charge >= 0.3 is 5.76 Å². The number of nitrogens with one attached hydrogen (secondary N) is 1. The summed E-state index contributed by atoms with van der Waals surface area (Å²) in [6, 6.07) is 8.80. The first-order valence-corrected chi connectivity index (χ1v) is 11.5. The van der Waals surface area contributed by atoms with E-state index in [4.69, 9.17) is 9.15 Å². The molecule has 0 unspecified atom stereocenters. The summed E-state index contributed by atoms with van der Waals surface area (Å²) in [6.45, 7) is 2.76. The lowest BCUT2D eigenvalue weighted by atomic mass is 10.1. The van der Waals surface area contributed by atoms with Crippen molar-refractivity contribution in [1.29, 1.82) is 0 Å². The number of methoxy groups -OCH3 is 1. The zero-order chi connectivity index (χ0) is 23.0. The topological polar surface area (TPSA) is 114 Å². The highest BCUT2D eigenvalue weighted by atomic mass is 32.2. The van der Waals surface area contributed by atoms with Crippen LogP contribution in [0.1, 0.15) is 10.4 Å². The van der Waals surface area contributed by atoms with Gasteiger partial charge in [0.05, 0.1) is 23.2 Å². The minimum absolute atomic E-state index is 0.0859. The summed E-state index contributed by atoms with van der Waals surface area (Å²) in [5, 5.41) is 0. The molecule has 0 atom stereocenters. The van der Waals surface area contributed by atoms with Crippen molar-refractivity contribution in [2.45, 2.75) is 4.90 Å². The molecule has 0 bridgehead atoms. The maximum absolute atomic E-state index is 13.0. The van der Waals surface area contributed by atoms with E-state index < -0.39 is 15.8 Å². The molecule has 1 aliphatic rings. The Morgan fingerprint density at radius 1 is 1.06 bits per heavy atom. The number of amides is 1. The monoisotopic (exact) mass is 460 g/mol. The number of hydrogen-bond donors (Lipinski definition) is 1. The van der Waals surface area contributed by atoms with Crippen LogP contribution in [0, 0.1) is 0 Å². The van der Waals surface area contributed by atoms with Crippen molar-refractivity contribution in [3.63, 3.8) is 0 Å². The molecule has 11 heteroatoms. The fourth-order valence-corrected chi connectivity index (χ4v) is 4.67. The number of carbonyl (C=O) groups is 1. The van der Waals surface area contributed by atoms with Crippen molar-refractivity contribution in [3.8, 4) is 5.75 Å². The average Bonchev–Trinajstić information content (AvgIpc) is 3.06. The summed E-state index contributed by atoms with van der Waals surface area (Å²) in [6.07, 6.45) is 0. The Kier molecular flexibility index (Phi) is 5.70. The third-order valence-corrected chi connectivity index (χ3v) is 6.92. The fourth-order valence-electron chi connectivity index (χ4n) is 3.60. The molecule has 1 aliphatic heterocycles. The lowest BCUT2D eigenvalue weighted by Crippen LogP contribution is -2.47. The van der Waals surface area contributed by atoms with Gasteiger partial charge in [-0.3, -0.25) is 14.1 Å². The van der Waals surface area contributed by atoms with E-state index in [-0.39, 0.29) is 27.8 Å². The standard InChI is InChI=1S/C21H24N4O6S/c1-23-8-10-25(11-9-23)20(26)14-4-7-18(30-3)16(12-14)22-32(28,29)15-5-6-17-19(13-15)31-21(27)24(17)2/h4-7,12-13,22H,8-11H2,1-3H3. The molecule has 1 amide bonds. The van der Waals surface area contributed by atoms with Crippen LogP contribution in [0.2, 0.25) is 0 Å². The van der Waals surface area contributed by atoms with Crippen LogP contribution >= 0.6 is 0 Å². The minimum Gasteiger partial charge on any atom is -0.495 e. The number of oxazole rings is 1. The maximum atomic E-state index is 13.0. The predicted molar refractivity (Wildman–Crippen MR) is 119 cm³/mol. The molecule has 32 heavy (non-hydrogen) atoms. The summed E-state index contributed by atoms with van der Waals surface area (Å²) in [7, 11) is 0.904. The highest BCUT2D eigenvalue weighted by molar-refractivity contribution is 7.92. The molecular formula is C21H24N4O6S. The molecule has 3 aromatic rings. The lowest BCUT2D eigenvalue weighted by molar-refractivity contribution is 0.0664. The number of sulfonamides is 1. The number of ether oxygens (including phenoxy) is 1. The number of piperazine rings is 1. The van der Waals surface area contributed by atoms with Crippen LogP contribution < -0.4 is 15.2 Å². The molecule has 0 spiro atoms. The fraction of sp³-hybridized carbons (Fsp3) is 0.333. The van der Waals surface area contributed by atoms with Gasteiger partial charge in [0.25, 0.3) is 15.9 Å². The smallest absolute Gasteiger partial charge is 0.419 e. The zero-order valence-electron chi connectivity index (χ0n) is 18.0. The Balaban J connectivity index is 1.64. The van der Waals surface area contributed by atoms with Gasteiger partial charge in [-0.15, -0.1) is 0 Å². The van der Waals surface area contributed by atoms with Gasteiger partial charge in [0.2, 0.25) is 0 Å². The normalized spacial score (nSPS) is 15.2. The van der Waals surface area contributed by atoms with Crippen LogP contribution in [0.3, 0.4) is 0 Å². The van der Waals surface area contributed by atoms with Crippen LogP contribution in [-0.4, -0.2) is 69.0 Å². The number of benzene rings is 2. The number of aryl methyl sites for hydroxylation is 1. The van der Waals surface area contributed by atoms with Gasteiger partial charge in [0.1, 0.15) is 5.75 Å². The van der Waals surface area contributed by atoms with Crippen molar-refractivity contribution in [2.75, 3.05) is 45.1 Å². The molecule has 1 saturated heterocycles. The van der Waals surface area contributed by atoms with E-state index in [2.05, 4.69) is 9.62 Å². The molecule has 1 fully saturated rings. The Labute approximate surface area is 185 Å². The van der Waals surface area contributed by atoms with E-state index in [1.54, 1.807) is 17.0 Å². The number of rotatable bonds is 5. The van der Waals surface area contributed by atoms with Gasteiger partial charge < -0.3 is 19.0 Å². The number of fused-ring (bicyclic) bond motifs is 1. The van der Waals surface area contributed by atoms with Crippen molar-refractivity contribution >= 4 is 32.7 Å². The molecule has 1 aromatic heterocycles. The van der Waals surface area contributed by atoms with Crippen molar-refractivity contribution < 1.29 is 22.4 Å². The third kappa shape index (κ3) is 4.08. The summed E-state index contributed by atoms with van der Waals surface area (Å²) < 4.78 is 40.2. The van der Waals surface area contributed by atoms with E-state index in [0.717, 1.165) is 13.1 Å². The number of anilines is 1. The molecule has 2 heterocycles. The third-order valence-electron chi connectivity index (χ3n) is 5.56. The number of nitrogens with zero attached hydrogens (tertiary/aromatic N) is 3. The van der Waals surface area contributed by atoms with Gasteiger partial charge in [-0.25, -0.2) is 13.2 Å². The highest BCUT2D eigenvalue weighted by Crippen LogP contribution is 2.29. The van der Waals surface area contributed by atoms with Crippen LogP contribution in [-0.2, 0) is 17.1 Å². The molecule has 0 aliphatic carbocycles. The van der Waals surface area contributed by atoms with Crippen molar-refractivity contribution in [3.05, 3.63) is 52.5 Å². The van der Waals surface area contributed by atoms with Crippen LogP contribution in [0.4, 0.5) is 5.69 Å². The van der Waals surface area contributed by atoms with E-state index in [1.165, 1.54) is 43.0 Å². The quantitative estimate of drug-likeness (QED) is 0.611. The second-order valence-corrected chi connectivity index (χ2v) is 9.35. The lowest BCUT2D eigenvalue weighted by Gasteiger charge is -2.32. The van der Waals surface area contributed by atoms with Crippen LogP contribution in [0.25, 0.3) is 11.1 Å². The van der Waals surface area contributed by atoms with Crippen LogP contribution in [0.5, 0.6) is 5.75 Å². The first kappa shape index (κ1) is 21.9. The summed E-state index contributed by atoms with van der Waals surface area (Å²) in [4.78, 5) is 28.4. The molecule has 0 radical (unpaired) electrons. The number of aromatic nitrogens is 1. The minimum atomic E-state index is -4.05. The summed E-state index contributed by atoms with van der Waals surface area (Å²) in [5.41, 5.74) is 1.14. The molecule has 2 aromatic carbocycles. The summed E-state index contributed by atoms with van der Waals surface area (Å²) in [5.74, 6) is -0.483. The molecular weight excluding hydrogens is 436 g/mol. The molecule has 170 valence electrons. The van der Waals surface area contributed by atoms with Crippen molar-refractivity contribution in [2.24, 2.45) is 7.05 Å². The van der Waals surface area contributed by atoms with Gasteiger partial charge in [-0.2, -0.15) is 0 Å². The predicted octanol–water partition coefficient (Wildman–Crippen LogP) is 1.33. The molecule has 1 N–H and O–H groups in total. The number of hydrogen-bond acceptors (Lipinski definition) is 7. The molecule has 10 nitrogen and oxygen atoms in total. The van der Waals surface area contributed by atoms with Crippen molar-refractivity contribution in [1.82, 2.24) is 14.4 Å². The number of carbonyl (C=O) groups excluding carboxylic acids is 1. The van der Waals surface area contributed by atoms with Gasteiger partial charge in [0.15, 0.2) is 5.58 Å². The van der Waals surface area contributed by atoms with E-state index in [1.807, 2.05) is 7.05 Å². The second kappa shape index (κ2) is 8.32. The average molecular weight is 461 g/mol. The van der Waals surface area contributed by atoms with Crippen LogP contribution in [0.15, 0.2) is 50.5 Å². The Morgan fingerprint density at radius 3 is 2.47 bits per heavy atom. The largest absolute Gasteiger partial charge is 0.495 e. The van der Waals surface area contributed by atoms with Gasteiger partial charge in [-0.1, -0.05) is 0 Å². The highest BCUT2D eigenvalue weighted by Gasteiger charge is 2.23. The number of likely N-dealkylation sites (N-methyl/N-ethyl adjacent to an activating group) is 1. The Morgan fingerprint density at radius 2 is 1.78 bits per heavy atom. The Hall–Kier alpha value is -3.31. The van der Waals surface area contributed by atoms with Gasteiger partial charge in [0, 0.05) is 44.9 Å².